The lowest BCUT2D eigenvalue weighted by molar-refractivity contribution is 0.0776. The van der Waals surface area contributed by atoms with Crippen LogP contribution < -0.4 is 0 Å². The van der Waals surface area contributed by atoms with E-state index in [4.69, 9.17) is 11.6 Å². The topological polar surface area (TPSA) is 66.8 Å². The van der Waals surface area contributed by atoms with Gasteiger partial charge in [-0.2, -0.15) is 10.2 Å². The first-order chi connectivity index (χ1) is 9.02. The van der Waals surface area contributed by atoms with E-state index in [2.05, 4.69) is 31.2 Å². The number of aromatic amines is 1. The predicted octanol–water partition coefficient (Wildman–Crippen LogP) is 2.31. The van der Waals surface area contributed by atoms with Crippen LogP contribution in [0.3, 0.4) is 0 Å². The van der Waals surface area contributed by atoms with Gasteiger partial charge in [0.2, 0.25) is 0 Å². The maximum absolute atomic E-state index is 12.2. The molecule has 2 rings (SSSR count). The van der Waals surface area contributed by atoms with Crippen molar-refractivity contribution in [1.82, 2.24) is 24.9 Å². The Balaban J connectivity index is 2.12. The van der Waals surface area contributed by atoms with Crippen LogP contribution in [0, 0.1) is 0 Å². The number of nitrogens with zero attached hydrogens (tertiary/aromatic N) is 4. The molecule has 0 fully saturated rings. The molecule has 2 heterocycles. The summed E-state index contributed by atoms with van der Waals surface area (Å²) < 4.78 is 2.37. The van der Waals surface area contributed by atoms with Crippen LogP contribution in [-0.2, 0) is 13.1 Å². The van der Waals surface area contributed by atoms with Gasteiger partial charge in [0.1, 0.15) is 11.4 Å². The van der Waals surface area contributed by atoms with E-state index in [0.29, 0.717) is 27.4 Å². The van der Waals surface area contributed by atoms with Crippen molar-refractivity contribution in [3.63, 3.8) is 0 Å². The number of H-pyrrole nitrogens is 1. The minimum Gasteiger partial charge on any atom is -0.334 e. The summed E-state index contributed by atoms with van der Waals surface area (Å²) in [7, 11) is 1.69. The standard InChI is InChI=1S/C11H13BrClN5O/c1-3-18-5-8(13)9(16-18)6-17(2)11(19)10-7(12)4-14-15-10/h4-5H,3,6H2,1-2H3,(H,14,15). The maximum Gasteiger partial charge on any atom is 0.273 e. The lowest BCUT2D eigenvalue weighted by atomic mass is 10.3. The summed E-state index contributed by atoms with van der Waals surface area (Å²) in [6, 6.07) is 0. The van der Waals surface area contributed by atoms with Crippen LogP contribution in [-0.4, -0.2) is 37.8 Å². The normalized spacial score (nSPS) is 10.7. The third-order valence-corrected chi connectivity index (χ3v) is 3.57. The predicted molar refractivity (Wildman–Crippen MR) is 75.0 cm³/mol. The van der Waals surface area contributed by atoms with Gasteiger partial charge in [-0.3, -0.25) is 14.6 Å². The first-order valence-corrected chi connectivity index (χ1v) is 6.86. The zero-order valence-corrected chi connectivity index (χ0v) is 12.9. The largest absolute Gasteiger partial charge is 0.334 e. The van der Waals surface area contributed by atoms with Gasteiger partial charge in [0.05, 0.1) is 22.2 Å². The van der Waals surface area contributed by atoms with Crippen molar-refractivity contribution in [2.24, 2.45) is 0 Å². The fourth-order valence-corrected chi connectivity index (χ4v) is 2.19. The molecule has 0 saturated carbocycles. The zero-order chi connectivity index (χ0) is 14.0. The number of aromatic nitrogens is 4. The van der Waals surface area contributed by atoms with E-state index >= 15 is 0 Å². The van der Waals surface area contributed by atoms with E-state index < -0.39 is 0 Å². The monoisotopic (exact) mass is 345 g/mol. The molecule has 0 unspecified atom stereocenters. The zero-order valence-electron chi connectivity index (χ0n) is 10.5. The highest BCUT2D eigenvalue weighted by molar-refractivity contribution is 9.10. The molecular weight excluding hydrogens is 334 g/mol. The van der Waals surface area contributed by atoms with Gasteiger partial charge >= 0.3 is 0 Å². The number of halogens is 2. The van der Waals surface area contributed by atoms with Gasteiger partial charge < -0.3 is 4.90 Å². The molecule has 0 bridgehead atoms. The SMILES string of the molecule is CCn1cc(Cl)c(CN(C)C(=O)c2[nH]ncc2Br)n1. The summed E-state index contributed by atoms with van der Waals surface area (Å²) in [6.45, 7) is 3.06. The highest BCUT2D eigenvalue weighted by Gasteiger charge is 2.19. The average Bonchev–Trinajstić information content (AvgIpc) is 2.95. The van der Waals surface area contributed by atoms with E-state index in [1.54, 1.807) is 24.1 Å². The van der Waals surface area contributed by atoms with Gasteiger partial charge in [0, 0.05) is 19.8 Å². The molecular formula is C11H13BrClN5O. The van der Waals surface area contributed by atoms with E-state index in [9.17, 15) is 4.79 Å². The molecule has 0 saturated heterocycles. The number of nitrogens with one attached hydrogen (secondary N) is 1. The van der Waals surface area contributed by atoms with Gasteiger partial charge in [0.15, 0.2) is 0 Å². The van der Waals surface area contributed by atoms with Crippen LogP contribution in [0.5, 0.6) is 0 Å². The second kappa shape index (κ2) is 5.75. The van der Waals surface area contributed by atoms with Crippen molar-refractivity contribution in [3.05, 3.63) is 33.3 Å². The van der Waals surface area contributed by atoms with Crippen molar-refractivity contribution in [2.75, 3.05) is 7.05 Å². The molecule has 0 aliphatic carbocycles. The third-order valence-electron chi connectivity index (χ3n) is 2.65. The fourth-order valence-electron chi connectivity index (χ4n) is 1.61. The number of aryl methyl sites for hydroxylation is 1. The number of hydrogen-bond acceptors (Lipinski definition) is 3. The van der Waals surface area contributed by atoms with E-state index in [0.717, 1.165) is 6.54 Å². The number of rotatable bonds is 4. The molecule has 0 spiro atoms. The number of carbonyl (C=O) groups is 1. The quantitative estimate of drug-likeness (QED) is 0.924. The first kappa shape index (κ1) is 14.1. The van der Waals surface area contributed by atoms with Gasteiger partial charge in [-0.25, -0.2) is 0 Å². The third kappa shape index (κ3) is 2.98. The summed E-state index contributed by atoms with van der Waals surface area (Å²) in [6.07, 6.45) is 3.29. The summed E-state index contributed by atoms with van der Waals surface area (Å²) in [5, 5.41) is 11.3. The second-order valence-electron chi connectivity index (χ2n) is 4.03. The molecule has 0 aliphatic rings. The summed E-state index contributed by atoms with van der Waals surface area (Å²) in [4.78, 5) is 13.7. The first-order valence-electron chi connectivity index (χ1n) is 5.69. The van der Waals surface area contributed by atoms with E-state index in [1.165, 1.54) is 4.90 Å². The molecule has 2 aromatic heterocycles. The average molecular weight is 347 g/mol. The van der Waals surface area contributed by atoms with E-state index in [1.807, 2.05) is 6.92 Å². The van der Waals surface area contributed by atoms with Crippen molar-refractivity contribution in [2.45, 2.75) is 20.0 Å². The molecule has 2 aromatic rings. The Morgan fingerprint density at radius 3 is 2.89 bits per heavy atom. The summed E-state index contributed by atoms with van der Waals surface area (Å²) in [5.74, 6) is -0.175. The van der Waals surface area contributed by atoms with Gasteiger partial charge in [-0.15, -0.1) is 0 Å². The molecule has 8 heteroatoms. The number of carbonyl (C=O) groups excluding carboxylic acids is 1. The lowest BCUT2D eigenvalue weighted by Gasteiger charge is -2.15. The van der Waals surface area contributed by atoms with Gasteiger partial charge in [0.25, 0.3) is 5.91 Å². The Morgan fingerprint density at radius 1 is 1.63 bits per heavy atom. The minimum absolute atomic E-state index is 0.175. The Hall–Kier alpha value is -1.34. The maximum atomic E-state index is 12.2. The van der Waals surface area contributed by atoms with Crippen LogP contribution in [0.25, 0.3) is 0 Å². The van der Waals surface area contributed by atoms with Crippen molar-refractivity contribution >= 4 is 33.4 Å². The van der Waals surface area contributed by atoms with Gasteiger partial charge in [-0.1, -0.05) is 11.6 Å². The molecule has 0 aliphatic heterocycles. The summed E-state index contributed by atoms with van der Waals surface area (Å²) in [5.41, 5.74) is 1.09. The fraction of sp³-hybridized carbons (Fsp3) is 0.364. The molecule has 1 amide bonds. The second-order valence-corrected chi connectivity index (χ2v) is 5.30. The van der Waals surface area contributed by atoms with Crippen molar-refractivity contribution in [1.29, 1.82) is 0 Å². The molecule has 19 heavy (non-hydrogen) atoms. The molecule has 0 atom stereocenters. The number of amides is 1. The van der Waals surface area contributed by atoms with Crippen LogP contribution >= 0.6 is 27.5 Å². The minimum atomic E-state index is -0.175. The smallest absolute Gasteiger partial charge is 0.273 e. The summed E-state index contributed by atoms with van der Waals surface area (Å²) >= 11 is 9.34. The molecule has 1 N–H and O–H groups in total. The molecule has 102 valence electrons. The van der Waals surface area contributed by atoms with Crippen LogP contribution in [0.15, 0.2) is 16.9 Å². The molecule has 6 nitrogen and oxygen atoms in total. The van der Waals surface area contributed by atoms with Gasteiger partial charge in [-0.05, 0) is 22.9 Å². The molecule has 0 radical (unpaired) electrons. The Kier molecular flexibility index (Phi) is 4.26. The number of hydrogen-bond donors (Lipinski definition) is 1. The van der Waals surface area contributed by atoms with Crippen molar-refractivity contribution < 1.29 is 4.79 Å². The van der Waals surface area contributed by atoms with Crippen LogP contribution in [0.1, 0.15) is 23.1 Å². The van der Waals surface area contributed by atoms with Crippen molar-refractivity contribution in [3.8, 4) is 0 Å². The van der Waals surface area contributed by atoms with Crippen LogP contribution in [0.4, 0.5) is 0 Å². The lowest BCUT2D eigenvalue weighted by Crippen LogP contribution is -2.27. The Bertz CT molecular complexity index is 594. The Labute approximate surface area is 123 Å². The highest BCUT2D eigenvalue weighted by atomic mass is 79.9. The van der Waals surface area contributed by atoms with E-state index in [-0.39, 0.29) is 5.91 Å². The molecule has 0 aromatic carbocycles. The highest BCUT2D eigenvalue weighted by Crippen LogP contribution is 2.18. The Morgan fingerprint density at radius 2 is 2.37 bits per heavy atom. The van der Waals surface area contributed by atoms with Crippen LogP contribution in [0.2, 0.25) is 5.02 Å².